The van der Waals surface area contributed by atoms with E-state index >= 15 is 0 Å². The predicted molar refractivity (Wildman–Crippen MR) is 132 cm³/mol. The Balaban J connectivity index is 1.46. The van der Waals surface area contributed by atoms with E-state index in [0.29, 0.717) is 11.1 Å². The molecule has 0 radical (unpaired) electrons. The van der Waals surface area contributed by atoms with Gasteiger partial charge in [0.25, 0.3) is 5.91 Å². The van der Waals surface area contributed by atoms with Crippen LogP contribution >= 0.6 is 16.5 Å². The maximum Gasteiger partial charge on any atom is 0.699 e. The highest BCUT2D eigenvalue weighted by Crippen LogP contribution is 2.57. The number of rotatable bonds is 8. The number of fused-ring (bicyclic) bond motifs is 6. The Kier molecular flexibility index (Phi) is 7.41. The van der Waals surface area contributed by atoms with Crippen LogP contribution in [-0.4, -0.2) is 50.9 Å². The third kappa shape index (κ3) is 5.33. The summed E-state index contributed by atoms with van der Waals surface area (Å²) in [5.41, 5.74) is -0.797. The molecule has 2 atom stereocenters. The zero-order valence-electron chi connectivity index (χ0n) is 20.2. The maximum atomic E-state index is 13.0. The van der Waals surface area contributed by atoms with Crippen molar-refractivity contribution in [2.45, 2.75) is 12.0 Å². The van der Waals surface area contributed by atoms with Crippen LogP contribution in [0.1, 0.15) is 37.4 Å². The molecule has 5 N–H and O–H groups in total. The number of hydrogen-bond acceptors (Lipinski definition) is 12. The lowest BCUT2D eigenvalue weighted by atomic mass is 9.77. The summed E-state index contributed by atoms with van der Waals surface area (Å²) in [5.74, 6) is -2.89. The smallest absolute Gasteiger partial charge is 0.508 e. The second kappa shape index (κ2) is 10.8. The number of amides is 1. The fraction of sp³-hybridized carbons (Fsp3) is 0.125. The Bertz CT molecular complexity index is 1570. The topological polar surface area (TPSA) is 224 Å². The van der Waals surface area contributed by atoms with E-state index < -0.39 is 53.0 Å². The van der Waals surface area contributed by atoms with E-state index in [4.69, 9.17) is 24.0 Å². The molecule has 5 rings (SSSR count). The largest absolute Gasteiger partial charge is 0.699 e. The van der Waals surface area contributed by atoms with E-state index in [1.165, 1.54) is 54.6 Å². The van der Waals surface area contributed by atoms with Crippen molar-refractivity contribution in [2.75, 3.05) is 6.61 Å². The number of phenols is 2. The van der Waals surface area contributed by atoms with Gasteiger partial charge in [-0.25, -0.2) is 9.59 Å². The van der Waals surface area contributed by atoms with Gasteiger partial charge in [0.05, 0.1) is 11.1 Å². The highest BCUT2D eigenvalue weighted by atomic mass is 31.1. The van der Waals surface area contributed by atoms with Gasteiger partial charge in [-0.15, -0.1) is 9.79 Å². The quantitative estimate of drug-likeness (QED) is 0.141. The minimum atomic E-state index is -3.33. The summed E-state index contributed by atoms with van der Waals surface area (Å²) in [4.78, 5) is 55.6. The van der Waals surface area contributed by atoms with Gasteiger partial charge in [-0.2, -0.15) is 0 Å². The van der Waals surface area contributed by atoms with E-state index in [-0.39, 0.29) is 39.7 Å². The molecule has 17 heteroatoms. The maximum absolute atomic E-state index is 13.0. The molecule has 2 aliphatic heterocycles. The molecule has 0 bridgehead atoms. The van der Waals surface area contributed by atoms with Crippen LogP contribution in [0.5, 0.6) is 23.0 Å². The summed E-state index contributed by atoms with van der Waals surface area (Å²) in [6.45, 7) is -0.956. The molecule has 1 amide bonds. The lowest BCUT2D eigenvalue weighted by molar-refractivity contribution is -0.132. The summed E-state index contributed by atoms with van der Waals surface area (Å²) in [5, 5.41) is 21.9. The molecular formula is C24H17NO14P2+2. The van der Waals surface area contributed by atoms with Crippen molar-refractivity contribution < 1.29 is 66.8 Å². The highest BCUT2D eigenvalue weighted by Gasteiger charge is 2.54. The van der Waals surface area contributed by atoms with Crippen LogP contribution in [-0.2, 0) is 38.0 Å². The standard InChI is InChI=1S/C24H15NO14P2/c26-12-2-5-15-18(8-12)36-19-9-13(27)3-6-16(19)24(15)17-7-11(1-4-14(17)22(30)37-24)21(29)35-10-20(28)25-23(38-40(31)32)39-41(33)34/h1-9,23H,10H2,(H3-2,25,26,27,28,31,32,33,34)/p+2. The summed E-state index contributed by atoms with van der Waals surface area (Å²) >= 11 is 0. The Labute approximate surface area is 230 Å². The van der Waals surface area contributed by atoms with Crippen molar-refractivity contribution >= 4 is 34.4 Å². The number of hydrogen-bond donors (Lipinski definition) is 5. The lowest BCUT2D eigenvalue weighted by Crippen LogP contribution is -2.39. The van der Waals surface area contributed by atoms with Crippen LogP contribution in [0.15, 0.2) is 54.6 Å². The van der Waals surface area contributed by atoms with Crippen LogP contribution in [0.25, 0.3) is 0 Å². The zero-order valence-corrected chi connectivity index (χ0v) is 22.0. The number of phenolic OH excluding ortho intramolecular Hbond substituents is 2. The van der Waals surface area contributed by atoms with Crippen LogP contribution in [0.2, 0.25) is 0 Å². The summed E-state index contributed by atoms with van der Waals surface area (Å²) < 4.78 is 46.9. The van der Waals surface area contributed by atoms with Gasteiger partial charge < -0.3 is 24.4 Å². The number of nitrogens with one attached hydrogen (secondary N) is 1. The zero-order chi connectivity index (χ0) is 29.5. The number of benzene rings is 3. The molecule has 2 heterocycles. The van der Waals surface area contributed by atoms with Crippen LogP contribution in [0, 0.1) is 0 Å². The molecule has 41 heavy (non-hydrogen) atoms. The van der Waals surface area contributed by atoms with Crippen LogP contribution in [0.3, 0.4) is 0 Å². The van der Waals surface area contributed by atoms with Gasteiger partial charge in [0.15, 0.2) is 12.2 Å². The Morgan fingerprint density at radius 2 is 1.46 bits per heavy atom. The third-order valence-corrected chi connectivity index (χ3v) is 6.74. The monoisotopic (exact) mass is 605 g/mol. The van der Waals surface area contributed by atoms with Crippen molar-refractivity contribution in [1.82, 2.24) is 5.32 Å². The van der Waals surface area contributed by atoms with Crippen molar-refractivity contribution in [3.63, 3.8) is 0 Å². The molecular weight excluding hydrogens is 588 g/mol. The number of carbonyl (C=O) groups excluding carboxylic acids is 3. The van der Waals surface area contributed by atoms with Crippen LogP contribution in [0.4, 0.5) is 0 Å². The van der Waals surface area contributed by atoms with Crippen molar-refractivity contribution in [3.05, 3.63) is 82.4 Å². The van der Waals surface area contributed by atoms with Crippen molar-refractivity contribution in [3.8, 4) is 23.0 Å². The highest BCUT2D eigenvalue weighted by molar-refractivity contribution is 7.32. The second-order valence-electron chi connectivity index (χ2n) is 8.46. The molecule has 1 spiro atoms. The predicted octanol–water partition coefficient (Wildman–Crippen LogP) is 2.56. The first-order valence-electron chi connectivity index (χ1n) is 11.3. The Morgan fingerprint density at radius 1 is 0.878 bits per heavy atom. The minimum absolute atomic E-state index is 0.104. The molecule has 0 saturated carbocycles. The molecule has 210 valence electrons. The first kappa shape index (κ1) is 28.1. The van der Waals surface area contributed by atoms with Crippen molar-refractivity contribution in [1.29, 1.82) is 0 Å². The van der Waals surface area contributed by atoms with Gasteiger partial charge in [-0.3, -0.25) is 10.1 Å². The number of aromatic hydroxyl groups is 2. The van der Waals surface area contributed by atoms with Gasteiger partial charge in [0, 0.05) is 38.0 Å². The van der Waals surface area contributed by atoms with E-state index in [9.17, 15) is 33.7 Å². The molecule has 2 aliphatic rings. The van der Waals surface area contributed by atoms with Gasteiger partial charge in [-0.05, 0) is 42.5 Å². The molecule has 3 aromatic rings. The molecule has 0 fully saturated rings. The summed E-state index contributed by atoms with van der Waals surface area (Å²) in [6, 6.07) is 12.2. The average Bonchev–Trinajstić information content (AvgIpc) is 3.18. The minimum Gasteiger partial charge on any atom is -0.508 e. The molecule has 0 saturated heterocycles. The van der Waals surface area contributed by atoms with E-state index in [2.05, 4.69) is 9.05 Å². The fourth-order valence-corrected chi connectivity index (χ4v) is 5.04. The molecule has 0 aromatic heterocycles. The molecule has 3 aromatic carbocycles. The Hall–Kier alpha value is -4.49. The molecule has 15 nitrogen and oxygen atoms in total. The normalized spacial score (nSPS) is 15.4. The number of esters is 2. The van der Waals surface area contributed by atoms with Crippen molar-refractivity contribution in [2.24, 2.45) is 0 Å². The van der Waals surface area contributed by atoms with E-state index in [0.717, 1.165) is 0 Å². The van der Waals surface area contributed by atoms with E-state index in [1.54, 1.807) is 0 Å². The number of carbonyl (C=O) groups is 3. The van der Waals surface area contributed by atoms with Gasteiger partial charge in [0.2, 0.25) is 0 Å². The molecule has 2 unspecified atom stereocenters. The van der Waals surface area contributed by atoms with Gasteiger partial charge in [0.1, 0.15) is 23.0 Å². The summed E-state index contributed by atoms with van der Waals surface area (Å²) in [7, 11) is -6.66. The first-order chi connectivity index (χ1) is 19.5. The Morgan fingerprint density at radius 3 is 2.02 bits per heavy atom. The summed E-state index contributed by atoms with van der Waals surface area (Å²) in [6.07, 6.45) is -2.08. The average molecular weight is 605 g/mol. The third-order valence-electron chi connectivity index (χ3n) is 5.99. The number of ether oxygens (including phenoxy) is 3. The van der Waals surface area contributed by atoms with Gasteiger partial charge >= 0.3 is 34.9 Å². The van der Waals surface area contributed by atoms with Gasteiger partial charge in [-0.1, -0.05) is 9.05 Å². The second-order valence-corrected chi connectivity index (χ2v) is 9.83. The first-order valence-corrected chi connectivity index (χ1v) is 13.6. The van der Waals surface area contributed by atoms with E-state index in [1.807, 2.05) is 5.32 Å². The molecule has 0 aliphatic carbocycles. The lowest BCUT2D eigenvalue weighted by Gasteiger charge is -2.36. The van der Waals surface area contributed by atoms with Crippen LogP contribution < -0.4 is 10.1 Å². The SMILES string of the molecule is O=C(COC(=O)c1ccc2c(c1)C1(OC2=O)c2ccc(O)cc2Oc2cc(O)ccc21)NC(O[P+](=O)O)O[P+](=O)O. The fourth-order valence-electron chi connectivity index (χ4n) is 4.45.